The molecule has 0 saturated carbocycles. The lowest BCUT2D eigenvalue weighted by molar-refractivity contribution is 0.170. The molecule has 1 aromatic heterocycles. The van der Waals surface area contributed by atoms with E-state index in [9.17, 15) is 5.11 Å². The highest BCUT2D eigenvalue weighted by Crippen LogP contribution is 2.14. The fraction of sp³-hybridized carbons (Fsp3) is 0.636. The van der Waals surface area contributed by atoms with Gasteiger partial charge in [0.1, 0.15) is 0 Å². The quantitative estimate of drug-likeness (QED) is 0.786. The van der Waals surface area contributed by atoms with E-state index in [1.807, 2.05) is 18.3 Å². The third-order valence-electron chi connectivity index (χ3n) is 2.12. The lowest BCUT2D eigenvalue weighted by Gasteiger charge is -2.14. The van der Waals surface area contributed by atoms with Crippen LogP contribution < -0.4 is 5.32 Å². The van der Waals surface area contributed by atoms with Crippen LogP contribution in [0.1, 0.15) is 30.0 Å². The van der Waals surface area contributed by atoms with Gasteiger partial charge in [0.2, 0.25) is 0 Å². The molecule has 0 amide bonds. The van der Waals surface area contributed by atoms with Gasteiger partial charge >= 0.3 is 0 Å². The Kier molecular flexibility index (Phi) is 4.58. The van der Waals surface area contributed by atoms with Crippen molar-refractivity contribution in [2.75, 3.05) is 0 Å². The zero-order valence-corrected chi connectivity index (χ0v) is 9.90. The molecule has 0 spiro atoms. The van der Waals surface area contributed by atoms with E-state index in [2.05, 4.69) is 31.3 Å². The van der Waals surface area contributed by atoms with Crippen molar-refractivity contribution in [2.45, 2.75) is 45.9 Å². The first-order valence-corrected chi connectivity index (χ1v) is 5.86. The van der Waals surface area contributed by atoms with E-state index in [1.54, 1.807) is 0 Å². The normalized spacial score (nSPS) is 15.4. The zero-order valence-electron chi connectivity index (χ0n) is 9.08. The summed E-state index contributed by atoms with van der Waals surface area (Å²) in [4.78, 5) is 2.71. The van der Waals surface area contributed by atoms with E-state index >= 15 is 0 Å². The third-order valence-corrected chi connectivity index (χ3v) is 3.12. The van der Waals surface area contributed by atoms with Crippen LogP contribution in [0.5, 0.6) is 0 Å². The highest BCUT2D eigenvalue weighted by atomic mass is 32.1. The predicted molar refractivity (Wildman–Crippen MR) is 61.7 cm³/mol. The number of thiophene rings is 1. The van der Waals surface area contributed by atoms with Gasteiger partial charge in [0.05, 0.1) is 6.10 Å². The second-order valence-electron chi connectivity index (χ2n) is 3.88. The van der Waals surface area contributed by atoms with E-state index in [0.717, 1.165) is 13.0 Å². The van der Waals surface area contributed by atoms with Crippen LogP contribution >= 0.6 is 11.3 Å². The Hall–Kier alpha value is -0.380. The van der Waals surface area contributed by atoms with Crippen molar-refractivity contribution >= 4 is 11.3 Å². The Labute approximate surface area is 90.0 Å². The molecule has 14 heavy (non-hydrogen) atoms. The first-order valence-electron chi connectivity index (χ1n) is 5.04. The van der Waals surface area contributed by atoms with Crippen LogP contribution in [0, 0.1) is 6.92 Å². The number of nitrogens with one attached hydrogen (secondary N) is 1. The topological polar surface area (TPSA) is 32.3 Å². The predicted octanol–water partition coefficient (Wildman–Crippen LogP) is 2.31. The standard InChI is InChI=1S/C11H19NOS/c1-8(6-9(2)13)12-7-11-5-4-10(3)14-11/h4-5,8-9,12-13H,6-7H2,1-3H3/t8-,9-/m1/s1. The van der Waals surface area contributed by atoms with Gasteiger partial charge in [-0.25, -0.2) is 0 Å². The molecule has 0 radical (unpaired) electrons. The maximum absolute atomic E-state index is 9.19. The molecule has 2 N–H and O–H groups in total. The number of hydrogen-bond donors (Lipinski definition) is 2. The molecule has 1 rings (SSSR count). The van der Waals surface area contributed by atoms with Gasteiger partial charge < -0.3 is 10.4 Å². The largest absolute Gasteiger partial charge is 0.393 e. The number of aliphatic hydroxyl groups is 1. The van der Waals surface area contributed by atoms with Gasteiger partial charge in [-0.1, -0.05) is 0 Å². The zero-order chi connectivity index (χ0) is 10.6. The summed E-state index contributed by atoms with van der Waals surface area (Å²) >= 11 is 1.82. The van der Waals surface area contributed by atoms with Crippen LogP contribution in [0.3, 0.4) is 0 Å². The maximum atomic E-state index is 9.19. The van der Waals surface area contributed by atoms with Crippen molar-refractivity contribution in [3.8, 4) is 0 Å². The summed E-state index contributed by atoms with van der Waals surface area (Å²) in [6.07, 6.45) is 0.590. The number of aliphatic hydroxyl groups excluding tert-OH is 1. The summed E-state index contributed by atoms with van der Waals surface area (Å²) in [6, 6.07) is 4.67. The average molecular weight is 213 g/mol. The smallest absolute Gasteiger partial charge is 0.0526 e. The summed E-state index contributed by atoms with van der Waals surface area (Å²) < 4.78 is 0. The molecule has 80 valence electrons. The van der Waals surface area contributed by atoms with Crippen molar-refractivity contribution in [1.82, 2.24) is 5.32 Å². The second-order valence-corrected chi connectivity index (χ2v) is 5.25. The SMILES string of the molecule is Cc1ccc(CN[C@H](C)C[C@@H](C)O)s1. The van der Waals surface area contributed by atoms with Crippen molar-refractivity contribution in [1.29, 1.82) is 0 Å². The molecule has 3 heteroatoms. The van der Waals surface area contributed by atoms with Gasteiger partial charge in [-0.3, -0.25) is 0 Å². The Morgan fingerprint density at radius 1 is 1.43 bits per heavy atom. The molecule has 0 aliphatic carbocycles. The highest BCUT2D eigenvalue weighted by molar-refractivity contribution is 7.11. The summed E-state index contributed by atoms with van der Waals surface area (Å²) in [5.74, 6) is 0. The molecule has 0 saturated heterocycles. The van der Waals surface area contributed by atoms with E-state index in [0.29, 0.717) is 6.04 Å². The van der Waals surface area contributed by atoms with E-state index in [-0.39, 0.29) is 6.10 Å². The average Bonchev–Trinajstić information content (AvgIpc) is 2.47. The van der Waals surface area contributed by atoms with Crippen LogP contribution in [-0.4, -0.2) is 17.3 Å². The molecule has 1 aromatic rings. The molecule has 0 bridgehead atoms. The maximum Gasteiger partial charge on any atom is 0.0526 e. The molecule has 2 atom stereocenters. The monoisotopic (exact) mass is 213 g/mol. The second kappa shape index (κ2) is 5.49. The van der Waals surface area contributed by atoms with Crippen LogP contribution in [0.15, 0.2) is 12.1 Å². The fourth-order valence-electron chi connectivity index (χ4n) is 1.45. The van der Waals surface area contributed by atoms with Gasteiger partial charge in [0.25, 0.3) is 0 Å². The van der Waals surface area contributed by atoms with Crippen molar-refractivity contribution < 1.29 is 5.11 Å². The van der Waals surface area contributed by atoms with Crippen molar-refractivity contribution in [2.24, 2.45) is 0 Å². The molecule has 0 aliphatic rings. The van der Waals surface area contributed by atoms with Gasteiger partial charge in [0.15, 0.2) is 0 Å². The minimum absolute atomic E-state index is 0.220. The fourth-order valence-corrected chi connectivity index (χ4v) is 2.29. The first-order chi connectivity index (χ1) is 6.58. The molecule has 0 unspecified atom stereocenters. The molecule has 1 heterocycles. The van der Waals surface area contributed by atoms with Gasteiger partial charge in [-0.2, -0.15) is 0 Å². The molecular weight excluding hydrogens is 194 g/mol. The summed E-state index contributed by atoms with van der Waals surface area (Å²) in [5.41, 5.74) is 0. The van der Waals surface area contributed by atoms with Crippen LogP contribution in [0.2, 0.25) is 0 Å². The van der Waals surface area contributed by atoms with Crippen molar-refractivity contribution in [3.63, 3.8) is 0 Å². The lowest BCUT2D eigenvalue weighted by atomic mass is 10.1. The van der Waals surface area contributed by atoms with Gasteiger partial charge in [-0.05, 0) is 39.3 Å². The van der Waals surface area contributed by atoms with E-state index in [1.165, 1.54) is 9.75 Å². The van der Waals surface area contributed by atoms with Crippen LogP contribution in [0.4, 0.5) is 0 Å². The number of hydrogen-bond acceptors (Lipinski definition) is 3. The molecule has 2 nitrogen and oxygen atoms in total. The molecule has 0 fully saturated rings. The minimum atomic E-state index is -0.220. The van der Waals surface area contributed by atoms with Crippen LogP contribution in [0.25, 0.3) is 0 Å². The Bertz CT molecular complexity index is 270. The van der Waals surface area contributed by atoms with Gasteiger partial charge in [0, 0.05) is 22.3 Å². The minimum Gasteiger partial charge on any atom is -0.393 e. The van der Waals surface area contributed by atoms with E-state index < -0.39 is 0 Å². The van der Waals surface area contributed by atoms with Gasteiger partial charge in [-0.15, -0.1) is 11.3 Å². The Morgan fingerprint density at radius 2 is 2.14 bits per heavy atom. The first kappa shape index (κ1) is 11.7. The summed E-state index contributed by atoms with van der Waals surface area (Å²) in [6.45, 7) is 6.96. The Morgan fingerprint density at radius 3 is 2.64 bits per heavy atom. The number of aryl methyl sites for hydroxylation is 1. The summed E-state index contributed by atoms with van der Waals surface area (Å²) in [7, 11) is 0. The lowest BCUT2D eigenvalue weighted by Crippen LogP contribution is -2.28. The van der Waals surface area contributed by atoms with E-state index in [4.69, 9.17) is 0 Å². The third kappa shape index (κ3) is 4.22. The summed E-state index contributed by atoms with van der Waals surface area (Å²) in [5, 5.41) is 12.6. The Balaban J connectivity index is 2.26. The number of rotatable bonds is 5. The molecule has 0 aromatic carbocycles. The van der Waals surface area contributed by atoms with Crippen LogP contribution in [-0.2, 0) is 6.54 Å². The highest BCUT2D eigenvalue weighted by Gasteiger charge is 2.05. The van der Waals surface area contributed by atoms with Crippen molar-refractivity contribution in [3.05, 3.63) is 21.9 Å². The molecular formula is C11H19NOS. The molecule has 0 aliphatic heterocycles.